The Morgan fingerprint density at radius 2 is 2.14 bits per heavy atom. The summed E-state index contributed by atoms with van der Waals surface area (Å²) in [4.78, 5) is 25.3. The minimum absolute atomic E-state index is 0.261. The number of aliphatic hydroxyl groups is 2. The molecule has 0 radical (unpaired) electrons. The van der Waals surface area contributed by atoms with Crippen molar-refractivity contribution in [2.24, 2.45) is 0 Å². The van der Waals surface area contributed by atoms with Gasteiger partial charge in [-0.1, -0.05) is 18.2 Å². The van der Waals surface area contributed by atoms with E-state index in [-0.39, 0.29) is 24.8 Å². The smallest absolute Gasteiger partial charge is 0.256 e. The van der Waals surface area contributed by atoms with Crippen molar-refractivity contribution in [1.82, 2.24) is 19.5 Å². The zero-order chi connectivity index (χ0) is 19.9. The lowest BCUT2D eigenvalue weighted by Crippen LogP contribution is -2.39. The molecule has 3 heterocycles. The van der Waals surface area contributed by atoms with Crippen LogP contribution in [0, 0.1) is 0 Å². The monoisotopic (exact) mass is 447 g/mol. The number of anilines is 1. The van der Waals surface area contributed by atoms with Crippen LogP contribution in [-0.4, -0.2) is 54.0 Å². The van der Waals surface area contributed by atoms with Crippen LogP contribution in [-0.2, 0) is 4.74 Å². The molecule has 3 atom stereocenters. The molecule has 28 heavy (non-hydrogen) atoms. The number of hydrogen-bond acceptors (Lipinski definition) is 7. The maximum Gasteiger partial charge on any atom is 0.256 e. The predicted octanol–water partition coefficient (Wildman–Crippen LogP) is 1.87. The summed E-state index contributed by atoms with van der Waals surface area (Å²) in [6.45, 7) is 1.33. The van der Waals surface area contributed by atoms with Crippen molar-refractivity contribution in [2.45, 2.75) is 31.3 Å². The van der Waals surface area contributed by atoms with Crippen molar-refractivity contribution in [3.05, 3.63) is 47.0 Å². The van der Waals surface area contributed by atoms with Crippen LogP contribution in [0.1, 0.15) is 29.9 Å². The first-order chi connectivity index (χ1) is 13.4. The molecule has 3 unspecified atom stereocenters. The number of ether oxygens (including phenoxy) is 1. The molecular formula is C18H18BrN5O4. The molecule has 0 aliphatic carbocycles. The van der Waals surface area contributed by atoms with E-state index in [0.29, 0.717) is 21.5 Å². The predicted molar refractivity (Wildman–Crippen MR) is 104 cm³/mol. The summed E-state index contributed by atoms with van der Waals surface area (Å²) in [5.74, 6) is -0.0477. The molecule has 3 N–H and O–H groups in total. The molecule has 1 aromatic carbocycles. The van der Waals surface area contributed by atoms with Crippen molar-refractivity contribution < 1.29 is 19.7 Å². The first-order valence-corrected chi connectivity index (χ1v) is 9.44. The van der Waals surface area contributed by atoms with Crippen LogP contribution in [0.25, 0.3) is 11.2 Å². The summed E-state index contributed by atoms with van der Waals surface area (Å²) in [6, 6.07) is 8.78. The number of halogens is 1. The number of rotatable bonds is 4. The number of nitrogens with zero attached hydrogens (tertiary/aromatic N) is 4. The third-order valence-corrected chi connectivity index (χ3v) is 5.40. The van der Waals surface area contributed by atoms with Crippen LogP contribution in [0.15, 0.2) is 41.4 Å². The number of imidazole rings is 1. The summed E-state index contributed by atoms with van der Waals surface area (Å²) in [6.07, 6.45) is 0.158. The molecule has 1 aliphatic heterocycles. The highest BCUT2D eigenvalue weighted by Gasteiger charge is 2.45. The lowest BCUT2D eigenvalue weighted by molar-refractivity contribution is -0.115. The van der Waals surface area contributed by atoms with Gasteiger partial charge in [0.2, 0.25) is 0 Å². The van der Waals surface area contributed by atoms with E-state index in [2.05, 4.69) is 36.2 Å². The first-order valence-electron chi connectivity index (χ1n) is 8.64. The van der Waals surface area contributed by atoms with Gasteiger partial charge in [0, 0.05) is 12.0 Å². The van der Waals surface area contributed by atoms with Gasteiger partial charge in [-0.3, -0.25) is 9.36 Å². The molecule has 3 aromatic rings. The number of aromatic nitrogens is 4. The number of nitrogens with one attached hydrogen (secondary N) is 1. The molecule has 1 saturated heterocycles. The van der Waals surface area contributed by atoms with Gasteiger partial charge in [0.15, 0.2) is 21.7 Å². The summed E-state index contributed by atoms with van der Waals surface area (Å²) in [5, 5.41) is 22.6. The summed E-state index contributed by atoms with van der Waals surface area (Å²) in [7, 11) is 0. The van der Waals surface area contributed by atoms with Crippen LogP contribution < -0.4 is 5.32 Å². The Kier molecular flexibility index (Phi) is 4.88. The molecule has 0 saturated carbocycles. The second-order valence-corrected chi connectivity index (χ2v) is 7.47. The largest absolute Gasteiger partial charge is 0.393 e. The zero-order valence-electron chi connectivity index (χ0n) is 14.9. The topological polar surface area (TPSA) is 122 Å². The fourth-order valence-electron chi connectivity index (χ4n) is 3.18. The fourth-order valence-corrected chi connectivity index (χ4v) is 3.75. The van der Waals surface area contributed by atoms with E-state index in [1.165, 1.54) is 6.33 Å². The molecule has 0 spiro atoms. The first kappa shape index (κ1) is 18.9. The Hall–Kier alpha value is -2.40. The fraction of sp³-hybridized carbons (Fsp3) is 0.333. The van der Waals surface area contributed by atoms with E-state index in [1.807, 2.05) is 6.07 Å². The minimum atomic E-state index is -1.07. The van der Waals surface area contributed by atoms with Crippen LogP contribution in [0.4, 0.5) is 5.82 Å². The number of amides is 1. The molecule has 2 aromatic heterocycles. The number of benzene rings is 1. The Labute approximate surface area is 168 Å². The number of hydrogen-bond donors (Lipinski definition) is 3. The second-order valence-electron chi connectivity index (χ2n) is 6.76. The molecule has 1 fully saturated rings. The zero-order valence-corrected chi connectivity index (χ0v) is 16.5. The molecule has 10 heteroatoms. The molecule has 0 bridgehead atoms. The minimum Gasteiger partial charge on any atom is -0.393 e. The van der Waals surface area contributed by atoms with Crippen LogP contribution in [0.5, 0.6) is 0 Å². The maximum atomic E-state index is 12.5. The molecular weight excluding hydrogens is 430 g/mol. The van der Waals surface area contributed by atoms with Gasteiger partial charge in [-0.2, -0.15) is 0 Å². The average Bonchev–Trinajstić information content (AvgIpc) is 3.19. The maximum absolute atomic E-state index is 12.5. The van der Waals surface area contributed by atoms with Gasteiger partial charge < -0.3 is 20.3 Å². The Balaban J connectivity index is 1.69. The Morgan fingerprint density at radius 1 is 1.39 bits per heavy atom. The lowest BCUT2D eigenvalue weighted by atomic mass is 10.0. The van der Waals surface area contributed by atoms with E-state index >= 15 is 0 Å². The summed E-state index contributed by atoms with van der Waals surface area (Å²) < 4.78 is 7.96. The number of aliphatic hydroxyl groups excluding tert-OH is 2. The van der Waals surface area contributed by atoms with Gasteiger partial charge in [0.1, 0.15) is 18.2 Å². The van der Waals surface area contributed by atoms with E-state index in [4.69, 9.17) is 4.74 Å². The summed E-state index contributed by atoms with van der Waals surface area (Å²) in [5.41, 5.74) is 0.241. The van der Waals surface area contributed by atoms with E-state index in [9.17, 15) is 15.0 Å². The van der Waals surface area contributed by atoms with E-state index in [0.717, 1.165) is 0 Å². The molecule has 146 valence electrons. The van der Waals surface area contributed by atoms with E-state index < -0.39 is 17.9 Å². The Morgan fingerprint density at radius 3 is 2.82 bits per heavy atom. The van der Waals surface area contributed by atoms with Crippen molar-refractivity contribution in [1.29, 1.82) is 0 Å². The van der Waals surface area contributed by atoms with Gasteiger partial charge >= 0.3 is 0 Å². The number of fused-ring (bicyclic) bond motifs is 1. The van der Waals surface area contributed by atoms with Crippen molar-refractivity contribution >= 4 is 38.8 Å². The third-order valence-electron chi connectivity index (χ3n) is 4.84. The van der Waals surface area contributed by atoms with Gasteiger partial charge in [-0.05, 0) is 35.0 Å². The third kappa shape index (κ3) is 3.18. The molecule has 1 aliphatic rings. The van der Waals surface area contributed by atoms with Gasteiger partial charge in [-0.15, -0.1) is 0 Å². The number of carbonyl (C=O) groups excluding carboxylic acids is 1. The molecule has 9 nitrogen and oxygen atoms in total. The SMILES string of the molecule is CC1(CO)OC(n2c(Br)nc3c(NC(=O)c4ccccc4)ncnc32)CC1O. The van der Waals surface area contributed by atoms with Crippen molar-refractivity contribution in [2.75, 3.05) is 11.9 Å². The molecule has 1 amide bonds. The van der Waals surface area contributed by atoms with Crippen LogP contribution >= 0.6 is 15.9 Å². The van der Waals surface area contributed by atoms with Gasteiger partial charge in [0.05, 0.1) is 12.7 Å². The van der Waals surface area contributed by atoms with Crippen LogP contribution in [0.3, 0.4) is 0 Å². The summed E-state index contributed by atoms with van der Waals surface area (Å²) >= 11 is 3.39. The van der Waals surface area contributed by atoms with Crippen molar-refractivity contribution in [3.63, 3.8) is 0 Å². The van der Waals surface area contributed by atoms with Crippen molar-refractivity contribution in [3.8, 4) is 0 Å². The van der Waals surface area contributed by atoms with Gasteiger partial charge in [0.25, 0.3) is 5.91 Å². The highest BCUT2D eigenvalue weighted by atomic mass is 79.9. The average molecular weight is 448 g/mol. The second kappa shape index (κ2) is 7.21. The normalized spacial score (nSPS) is 24.6. The lowest BCUT2D eigenvalue weighted by Gasteiger charge is -2.25. The Bertz CT molecular complexity index is 1030. The van der Waals surface area contributed by atoms with E-state index in [1.54, 1.807) is 35.8 Å². The molecule has 4 rings (SSSR count). The standard InChI is InChI=1S/C18H18BrN5O4/c1-18(8-25)11(26)7-12(28-18)24-15-13(22-17(24)19)14(20-9-21-15)23-16(27)10-5-3-2-4-6-10/h2-6,9,11-12,25-26H,7-8H2,1H3,(H,20,21,23,27). The highest BCUT2D eigenvalue weighted by molar-refractivity contribution is 9.10. The quantitative estimate of drug-likeness (QED) is 0.521. The van der Waals surface area contributed by atoms with Gasteiger partial charge in [-0.25, -0.2) is 15.0 Å². The highest BCUT2D eigenvalue weighted by Crippen LogP contribution is 2.39. The number of carbonyl (C=O) groups is 1. The van der Waals surface area contributed by atoms with Crippen LogP contribution in [0.2, 0.25) is 0 Å².